The summed E-state index contributed by atoms with van der Waals surface area (Å²) in [6.07, 6.45) is -0.810. The molecule has 1 atom stereocenters. The van der Waals surface area contributed by atoms with Gasteiger partial charge >= 0.3 is 0 Å². The third-order valence-corrected chi connectivity index (χ3v) is 0.211. The summed E-state index contributed by atoms with van der Waals surface area (Å²) >= 11 is 0. The minimum atomic E-state index is -0.810. The molecule has 0 aromatic carbocycles. The van der Waals surface area contributed by atoms with E-state index in [1.165, 1.54) is 0 Å². The molecule has 0 saturated carbocycles. The van der Waals surface area contributed by atoms with Crippen LogP contribution in [-0.4, -0.2) is 22.9 Å². The quantitative estimate of drug-likeness (QED) is 0.360. The first-order valence-electron chi connectivity index (χ1n) is 1.39. The molecule has 0 aliphatic carbocycles. The van der Waals surface area contributed by atoms with E-state index in [1.54, 1.807) is 0 Å². The van der Waals surface area contributed by atoms with Crippen LogP contribution in [0.1, 0.15) is 0 Å². The van der Waals surface area contributed by atoms with Crippen LogP contribution in [0.15, 0.2) is 0 Å². The van der Waals surface area contributed by atoms with Gasteiger partial charge in [0.15, 0.2) is 0 Å². The largest absolute Gasteiger partial charge is 0.423 e. The van der Waals surface area contributed by atoms with E-state index in [0.717, 1.165) is 0 Å². The molecule has 0 aliphatic rings. The van der Waals surface area contributed by atoms with Crippen LogP contribution in [0.5, 0.6) is 0 Å². The third-order valence-electron chi connectivity index (χ3n) is 0.211. The summed E-state index contributed by atoms with van der Waals surface area (Å²) in [6, 6.07) is 0. The van der Waals surface area contributed by atoms with E-state index >= 15 is 0 Å². The van der Waals surface area contributed by atoms with Gasteiger partial charge in [0.05, 0.1) is 0 Å². The van der Waals surface area contributed by atoms with Crippen molar-refractivity contribution in [1.82, 2.24) is 0 Å². The zero-order valence-corrected chi connectivity index (χ0v) is 4.34. The maximum atomic E-state index is 8.00. The van der Waals surface area contributed by atoms with Gasteiger partial charge in [0.25, 0.3) is 0 Å². The average Bonchev–Trinajstić information content (AvgIpc) is 1.38. The van der Waals surface area contributed by atoms with Crippen LogP contribution >= 0.6 is 0 Å². The summed E-state index contributed by atoms with van der Waals surface area (Å²) in [7, 11) is 0. The minimum absolute atomic E-state index is 0. The van der Waals surface area contributed by atoms with Crippen molar-refractivity contribution >= 4 is 0 Å². The molecule has 0 heterocycles. The van der Waals surface area contributed by atoms with Crippen molar-refractivity contribution in [2.24, 2.45) is 0 Å². The maximum absolute atomic E-state index is 8.00. The average molecular weight is 131 g/mol. The van der Waals surface area contributed by atoms with E-state index in [1.807, 2.05) is 0 Å². The molecule has 0 aromatic rings. The van der Waals surface area contributed by atoms with Crippen LogP contribution in [0.2, 0.25) is 0 Å². The SMILES string of the molecule is [CH2-]C(O)CO.[Fe]. The van der Waals surface area contributed by atoms with Crippen molar-refractivity contribution in [3.8, 4) is 0 Å². The van der Waals surface area contributed by atoms with Gasteiger partial charge in [-0.3, -0.25) is 0 Å². The molecule has 0 amide bonds. The second-order valence-electron chi connectivity index (χ2n) is 0.836. The van der Waals surface area contributed by atoms with Crippen molar-refractivity contribution < 1.29 is 27.3 Å². The fourth-order valence-corrected chi connectivity index (χ4v) is 0. The van der Waals surface area contributed by atoms with Crippen LogP contribution in [0.4, 0.5) is 0 Å². The van der Waals surface area contributed by atoms with Crippen molar-refractivity contribution in [3.63, 3.8) is 0 Å². The molecule has 0 aliphatic heterocycles. The molecule has 0 aromatic heterocycles. The van der Waals surface area contributed by atoms with Gasteiger partial charge in [-0.25, -0.2) is 0 Å². The van der Waals surface area contributed by atoms with Gasteiger partial charge in [-0.15, -0.1) is 0 Å². The van der Waals surface area contributed by atoms with E-state index in [2.05, 4.69) is 6.92 Å². The summed E-state index contributed by atoms with van der Waals surface area (Å²) in [5.41, 5.74) is 0. The third kappa shape index (κ3) is 8.83. The van der Waals surface area contributed by atoms with E-state index < -0.39 is 6.10 Å². The van der Waals surface area contributed by atoms with Crippen LogP contribution in [0.3, 0.4) is 0 Å². The molecule has 0 bridgehead atoms. The molecule has 2 N–H and O–H groups in total. The maximum Gasteiger partial charge on any atom is 0.0408 e. The fourth-order valence-electron chi connectivity index (χ4n) is 0. The first-order valence-corrected chi connectivity index (χ1v) is 1.39. The van der Waals surface area contributed by atoms with Crippen molar-refractivity contribution in [2.45, 2.75) is 6.10 Å². The fraction of sp³-hybridized carbons (Fsp3) is 0.667. The standard InChI is InChI=1S/C3H7O2.Fe/c1-3(5)2-4;/h3-5H,1-2H2;/q-1;. The van der Waals surface area contributed by atoms with E-state index in [0.29, 0.717) is 0 Å². The molecule has 1 unspecified atom stereocenters. The summed E-state index contributed by atoms with van der Waals surface area (Å²) in [5, 5.41) is 15.8. The molecule has 6 heavy (non-hydrogen) atoms. The Hall–Kier alpha value is 0.439. The summed E-state index contributed by atoms with van der Waals surface area (Å²) < 4.78 is 0. The minimum Gasteiger partial charge on any atom is -0.423 e. The number of aliphatic hydroxyl groups excluding tert-OH is 2. The van der Waals surface area contributed by atoms with Crippen molar-refractivity contribution in [3.05, 3.63) is 6.92 Å². The first kappa shape index (κ1) is 9.67. The molecular formula is C3H7FeO2-. The van der Waals surface area contributed by atoms with E-state index in [9.17, 15) is 0 Å². The van der Waals surface area contributed by atoms with Crippen LogP contribution < -0.4 is 0 Å². The second kappa shape index (κ2) is 5.44. The molecule has 0 fully saturated rings. The van der Waals surface area contributed by atoms with Crippen molar-refractivity contribution in [2.75, 3.05) is 6.61 Å². The number of hydrogen-bond acceptors (Lipinski definition) is 2. The Balaban J connectivity index is 0. The molecular weight excluding hydrogens is 124 g/mol. The van der Waals surface area contributed by atoms with E-state index in [-0.39, 0.29) is 23.7 Å². The van der Waals surface area contributed by atoms with Crippen molar-refractivity contribution in [1.29, 1.82) is 0 Å². The molecule has 0 radical (unpaired) electrons. The van der Waals surface area contributed by atoms with Gasteiger partial charge in [-0.2, -0.15) is 0 Å². The smallest absolute Gasteiger partial charge is 0.0408 e. The predicted molar refractivity (Wildman–Crippen MR) is 18.4 cm³/mol. The van der Waals surface area contributed by atoms with Gasteiger partial charge in [0, 0.05) is 23.7 Å². The van der Waals surface area contributed by atoms with Gasteiger partial charge in [0.2, 0.25) is 0 Å². The Bertz CT molecular complexity index is 22.8. The molecule has 0 spiro atoms. The van der Waals surface area contributed by atoms with Gasteiger partial charge in [-0.1, -0.05) is 0 Å². The van der Waals surface area contributed by atoms with Crippen LogP contribution in [-0.2, 0) is 17.1 Å². The molecule has 2 nitrogen and oxygen atoms in total. The molecule has 0 rings (SSSR count). The second-order valence-corrected chi connectivity index (χ2v) is 0.836. The summed E-state index contributed by atoms with van der Waals surface area (Å²) in [5.74, 6) is 0. The van der Waals surface area contributed by atoms with Gasteiger partial charge in [0.1, 0.15) is 0 Å². The Morgan fingerprint density at radius 3 is 1.83 bits per heavy atom. The van der Waals surface area contributed by atoms with E-state index in [4.69, 9.17) is 10.2 Å². The van der Waals surface area contributed by atoms with Gasteiger partial charge < -0.3 is 17.1 Å². The number of rotatable bonds is 1. The Morgan fingerprint density at radius 2 is 1.83 bits per heavy atom. The summed E-state index contributed by atoms with van der Waals surface area (Å²) in [4.78, 5) is 0. The summed E-state index contributed by atoms with van der Waals surface area (Å²) in [6.45, 7) is 2.81. The number of aliphatic hydroxyl groups is 2. The zero-order chi connectivity index (χ0) is 4.28. The number of hydrogen-bond donors (Lipinski definition) is 2. The normalized spacial score (nSPS) is 12.5. The van der Waals surface area contributed by atoms with Crippen LogP contribution in [0, 0.1) is 6.92 Å². The molecule has 40 valence electrons. The molecule has 3 heteroatoms. The Kier molecular flexibility index (Phi) is 8.76. The Labute approximate surface area is 47.7 Å². The first-order chi connectivity index (χ1) is 2.27. The Morgan fingerprint density at radius 1 is 1.67 bits per heavy atom. The van der Waals surface area contributed by atoms with Crippen LogP contribution in [0.25, 0.3) is 0 Å². The molecule has 0 saturated heterocycles. The topological polar surface area (TPSA) is 40.5 Å². The predicted octanol–water partition coefficient (Wildman–Crippen LogP) is -0.829. The zero-order valence-electron chi connectivity index (χ0n) is 3.24. The van der Waals surface area contributed by atoms with Gasteiger partial charge in [-0.05, 0) is 6.10 Å². The monoisotopic (exact) mass is 131 g/mol.